The van der Waals surface area contributed by atoms with Crippen LogP contribution in [-0.2, 0) is 0 Å². The fraction of sp³-hybridized carbons (Fsp3) is 0.355. The summed E-state index contributed by atoms with van der Waals surface area (Å²) >= 11 is 0. The third kappa shape index (κ3) is 5.05. The average molecular weight is 515 g/mol. The summed E-state index contributed by atoms with van der Waals surface area (Å²) in [6.07, 6.45) is 3.76. The van der Waals surface area contributed by atoms with Gasteiger partial charge in [0.1, 0.15) is 23.0 Å². The maximum Gasteiger partial charge on any atom is 0.254 e. The van der Waals surface area contributed by atoms with Gasteiger partial charge in [0.25, 0.3) is 11.8 Å². The lowest BCUT2D eigenvalue weighted by molar-refractivity contribution is -0.00233. The van der Waals surface area contributed by atoms with Gasteiger partial charge in [0.15, 0.2) is 0 Å². The quantitative estimate of drug-likeness (QED) is 0.443. The summed E-state index contributed by atoms with van der Waals surface area (Å²) in [4.78, 5) is 28.2. The number of rotatable bonds is 7. The van der Waals surface area contributed by atoms with Gasteiger partial charge in [-0.15, -0.1) is 0 Å². The van der Waals surface area contributed by atoms with Crippen LogP contribution in [0.5, 0.6) is 23.0 Å². The zero-order chi connectivity index (χ0) is 26.7. The summed E-state index contributed by atoms with van der Waals surface area (Å²) in [5, 5.41) is 3.26. The van der Waals surface area contributed by atoms with E-state index in [0.717, 1.165) is 37.0 Å². The predicted octanol–water partition coefficient (Wildman–Crippen LogP) is 5.62. The molecule has 1 atom stereocenters. The number of benzene rings is 3. The predicted molar refractivity (Wildman–Crippen MR) is 145 cm³/mol. The van der Waals surface area contributed by atoms with Crippen LogP contribution in [0.4, 0.5) is 0 Å². The second kappa shape index (κ2) is 10.8. The molecule has 1 aliphatic carbocycles. The molecule has 1 unspecified atom stereocenters. The summed E-state index contributed by atoms with van der Waals surface area (Å²) in [5.74, 6) is 2.64. The van der Waals surface area contributed by atoms with Crippen LogP contribution in [0.1, 0.15) is 52.0 Å². The lowest BCUT2D eigenvalue weighted by atomic mass is 9.59. The number of hydrogen-bond donors (Lipinski definition) is 1. The van der Waals surface area contributed by atoms with E-state index in [4.69, 9.17) is 14.2 Å². The van der Waals surface area contributed by atoms with Crippen molar-refractivity contribution in [3.05, 3.63) is 83.4 Å². The molecule has 1 heterocycles. The molecule has 0 radical (unpaired) electrons. The van der Waals surface area contributed by atoms with E-state index in [1.165, 1.54) is 0 Å². The monoisotopic (exact) mass is 514 g/mol. The minimum absolute atomic E-state index is 0.0193. The van der Waals surface area contributed by atoms with Crippen LogP contribution in [0.25, 0.3) is 0 Å². The zero-order valence-electron chi connectivity index (χ0n) is 22.2. The van der Waals surface area contributed by atoms with Crippen molar-refractivity contribution in [2.24, 2.45) is 5.41 Å². The molecule has 2 aliphatic rings. The Morgan fingerprint density at radius 2 is 1.45 bits per heavy atom. The Morgan fingerprint density at radius 1 is 0.842 bits per heavy atom. The van der Waals surface area contributed by atoms with Gasteiger partial charge in [0.2, 0.25) is 0 Å². The van der Waals surface area contributed by atoms with Gasteiger partial charge in [-0.25, -0.2) is 0 Å². The molecular formula is C31H34N2O5. The van der Waals surface area contributed by atoms with Crippen LogP contribution in [0.2, 0.25) is 0 Å². The Labute approximate surface area is 223 Å². The third-order valence-electron chi connectivity index (χ3n) is 8.12. The SMILES string of the molecule is COc1cc(C(=O)N2CCC3(CCC3NC(=O)c3ccc(Oc4ccccc4)cc3)CC2)cc(OC)c1C. The molecule has 1 N–H and O–H groups in total. The van der Waals surface area contributed by atoms with E-state index in [9.17, 15) is 9.59 Å². The maximum absolute atomic E-state index is 13.3. The number of likely N-dealkylation sites (tertiary alicyclic amines) is 1. The number of nitrogens with one attached hydrogen (secondary N) is 1. The first-order chi connectivity index (χ1) is 18.4. The van der Waals surface area contributed by atoms with Gasteiger partial charge < -0.3 is 24.4 Å². The zero-order valence-corrected chi connectivity index (χ0v) is 22.2. The third-order valence-corrected chi connectivity index (χ3v) is 8.12. The van der Waals surface area contributed by atoms with Gasteiger partial charge in [-0.3, -0.25) is 9.59 Å². The lowest BCUT2D eigenvalue weighted by Gasteiger charge is -2.54. The summed E-state index contributed by atoms with van der Waals surface area (Å²) in [6.45, 7) is 3.24. The highest BCUT2D eigenvalue weighted by Gasteiger charge is 2.49. The molecule has 1 saturated carbocycles. The van der Waals surface area contributed by atoms with Crippen LogP contribution < -0.4 is 19.5 Å². The van der Waals surface area contributed by atoms with Gasteiger partial charge >= 0.3 is 0 Å². The number of methoxy groups -OCH3 is 2. The molecule has 5 rings (SSSR count). The van der Waals surface area contributed by atoms with Crippen molar-refractivity contribution in [1.29, 1.82) is 0 Å². The van der Waals surface area contributed by atoms with Crippen molar-refractivity contribution < 1.29 is 23.8 Å². The molecule has 3 aromatic rings. The van der Waals surface area contributed by atoms with Crippen molar-refractivity contribution in [3.63, 3.8) is 0 Å². The Kier molecular flexibility index (Phi) is 7.27. The number of ether oxygens (including phenoxy) is 3. The van der Waals surface area contributed by atoms with Gasteiger partial charge in [-0.1, -0.05) is 18.2 Å². The Hall–Kier alpha value is -4.00. The first-order valence-corrected chi connectivity index (χ1v) is 13.1. The number of hydrogen-bond acceptors (Lipinski definition) is 5. The number of carbonyl (C=O) groups is 2. The average Bonchev–Trinajstić information content (AvgIpc) is 2.96. The van der Waals surface area contributed by atoms with Gasteiger partial charge in [0.05, 0.1) is 14.2 Å². The molecule has 7 heteroatoms. The number of nitrogens with zero attached hydrogens (tertiary/aromatic N) is 1. The molecule has 0 bridgehead atoms. The second-order valence-corrected chi connectivity index (χ2v) is 10.2. The number of amides is 2. The van der Waals surface area contributed by atoms with E-state index in [1.54, 1.807) is 38.5 Å². The highest BCUT2D eigenvalue weighted by molar-refractivity contribution is 5.96. The molecular weight excluding hydrogens is 480 g/mol. The first kappa shape index (κ1) is 25.6. The van der Waals surface area contributed by atoms with Gasteiger partial charge in [-0.2, -0.15) is 0 Å². The lowest BCUT2D eigenvalue weighted by Crippen LogP contribution is -2.59. The second-order valence-electron chi connectivity index (χ2n) is 10.2. The normalized spacial score (nSPS) is 17.9. The summed E-state index contributed by atoms with van der Waals surface area (Å²) in [7, 11) is 3.19. The van der Waals surface area contributed by atoms with E-state index >= 15 is 0 Å². The van der Waals surface area contributed by atoms with Crippen LogP contribution in [0, 0.1) is 12.3 Å². The molecule has 38 heavy (non-hydrogen) atoms. The Morgan fingerprint density at radius 3 is 2.00 bits per heavy atom. The van der Waals surface area contributed by atoms with Crippen LogP contribution in [0.15, 0.2) is 66.7 Å². The minimum atomic E-state index is -0.0716. The van der Waals surface area contributed by atoms with Crippen LogP contribution in [-0.4, -0.2) is 50.1 Å². The van der Waals surface area contributed by atoms with E-state index in [1.807, 2.05) is 54.3 Å². The smallest absolute Gasteiger partial charge is 0.254 e. The van der Waals surface area contributed by atoms with Crippen molar-refractivity contribution >= 4 is 11.8 Å². The summed E-state index contributed by atoms with van der Waals surface area (Å²) in [6, 6.07) is 20.5. The Balaban J connectivity index is 1.18. The minimum Gasteiger partial charge on any atom is -0.496 e. The molecule has 1 saturated heterocycles. The number of para-hydroxylation sites is 1. The van der Waals surface area contributed by atoms with E-state index < -0.39 is 0 Å². The topological polar surface area (TPSA) is 77.1 Å². The molecule has 2 fully saturated rings. The van der Waals surface area contributed by atoms with Crippen molar-refractivity contribution in [1.82, 2.24) is 10.2 Å². The standard InChI is InChI=1S/C31H34N2O5/c1-21-26(36-2)19-23(20-27(21)37-3)30(35)33-17-15-31(16-18-33)14-13-28(31)32-29(34)22-9-11-25(12-10-22)38-24-7-5-4-6-8-24/h4-12,19-20,28H,13-18H2,1-3H3,(H,32,34). The Bertz CT molecular complexity index is 1270. The molecule has 0 aromatic heterocycles. The molecule has 7 nitrogen and oxygen atoms in total. The van der Waals surface area contributed by atoms with E-state index in [2.05, 4.69) is 5.32 Å². The maximum atomic E-state index is 13.3. The van der Waals surface area contributed by atoms with E-state index in [0.29, 0.717) is 41.5 Å². The fourth-order valence-electron chi connectivity index (χ4n) is 5.61. The largest absolute Gasteiger partial charge is 0.496 e. The van der Waals surface area contributed by atoms with Crippen molar-refractivity contribution in [3.8, 4) is 23.0 Å². The van der Waals surface area contributed by atoms with Gasteiger partial charge in [0, 0.05) is 35.8 Å². The van der Waals surface area contributed by atoms with Crippen molar-refractivity contribution in [2.45, 2.75) is 38.6 Å². The van der Waals surface area contributed by atoms with Crippen LogP contribution in [0.3, 0.4) is 0 Å². The van der Waals surface area contributed by atoms with E-state index in [-0.39, 0.29) is 23.3 Å². The molecule has 2 amide bonds. The van der Waals surface area contributed by atoms with Crippen molar-refractivity contribution in [2.75, 3.05) is 27.3 Å². The fourth-order valence-corrected chi connectivity index (χ4v) is 5.61. The molecule has 1 spiro atoms. The molecule has 3 aromatic carbocycles. The molecule has 1 aliphatic heterocycles. The van der Waals surface area contributed by atoms with Gasteiger partial charge in [-0.05, 0) is 86.6 Å². The highest BCUT2D eigenvalue weighted by Crippen LogP contribution is 2.49. The number of carbonyl (C=O) groups excluding carboxylic acids is 2. The summed E-state index contributed by atoms with van der Waals surface area (Å²) < 4.78 is 16.7. The first-order valence-electron chi connectivity index (χ1n) is 13.1. The number of piperidine rings is 1. The van der Waals surface area contributed by atoms with Crippen LogP contribution >= 0.6 is 0 Å². The summed E-state index contributed by atoms with van der Waals surface area (Å²) in [5.41, 5.74) is 2.10. The molecule has 198 valence electrons. The highest BCUT2D eigenvalue weighted by atomic mass is 16.5.